The molecule has 1 amide bonds. The van der Waals surface area contributed by atoms with Gasteiger partial charge < -0.3 is 14.8 Å². The predicted molar refractivity (Wildman–Crippen MR) is 55.4 cm³/mol. The van der Waals surface area contributed by atoms with Gasteiger partial charge in [-0.05, 0) is 19.8 Å². The van der Waals surface area contributed by atoms with Crippen LogP contribution in [0.1, 0.15) is 33.1 Å². The molecular formula is C10H21NO3. The second kappa shape index (κ2) is 10.3. The number of alkyl carbamates (subject to hydrolysis) is 1. The number of amides is 1. The molecule has 0 aromatic rings. The molecule has 0 aromatic carbocycles. The first-order chi connectivity index (χ1) is 6.81. The van der Waals surface area contributed by atoms with Crippen molar-refractivity contribution in [3.05, 3.63) is 0 Å². The standard InChI is InChI=1S/C10H21NO3/c1-3-5-8-13-9-6-7-11-10(12)14-4-2/h3-9H2,1-2H3,(H,11,12). The molecule has 0 saturated carbocycles. The number of ether oxygens (including phenoxy) is 2. The summed E-state index contributed by atoms with van der Waals surface area (Å²) < 4.78 is 10.0. The van der Waals surface area contributed by atoms with E-state index in [-0.39, 0.29) is 6.09 Å². The summed E-state index contributed by atoms with van der Waals surface area (Å²) in [6, 6.07) is 0. The Balaban J connectivity index is 3.01. The lowest BCUT2D eigenvalue weighted by molar-refractivity contribution is 0.125. The van der Waals surface area contributed by atoms with Crippen LogP contribution in [-0.4, -0.2) is 32.5 Å². The van der Waals surface area contributed by atoms with Crippen molar-refractivity contribution in [2.75, 3.05) is 26.4 Å². The van der Waals surface area contributed by atoms with Gasteiger partial charge in [0.2, 0.25) is 0 Å². The summed E-state index contributed by atoms with van der Waals surface area (Å²) in [5, 5.41) is 2.63. The average molecular weight is 203 g/mol. The normalized spacial score (nSPS) is 9.86. The third kappa shape index (κ3) is 9.32. The molecule has 0 rings (SSSR count). The van der Waals surface area contributed by atoms with E-state index in [1.54, 1.807) is 6.92 Å². The molecule has 14 heavy (non-hydrogen) atoms. The number of unbranched alkanes of at least 4 members (excludes halogenated alkanes) is 1. The van der Waals surface area contributed by atoms with E-state index in [1.165, 1.54) is 0 Å². The fourth-order valence-corrected chi connectivity index (χ4v) is 0.895. The van der Waals surface area contributed by atoms with Crippen LogP contribution in [-0.2, 0) is 9.47 Å². The first-order valence-electron chi connectivity index (χ1n) is 5.29. The van der Waals surface area contributed by atoms with E-state index in [9.17, 15) is 4.79 Å². The van der Waals surface area contributed by atoms with Crippen molar-refractivity contribution in [3.8, 4) is 0 Å². The number of rotatable bonds is 8. The van der Waals surface area contributed by atoms with E-state index in [0.717, 1.165) is 25.9 Å². The Morgan fingerprint density at radius 1 is 1.21 bits per heavy atom. The molecular weight excluding hydrogens is 182 g/mol. The molecule has 1 N–H and O–H groups in total. The fourth-order valence-electron chi connectivity index (χ4n) is 0.895. The van der Waals surface area contributed by atoms with Crippen molar-refractivity contribution >= 4 is 6.09 Å². The minimum Gasteiger partial charge on any atom is -0.450 e. The molecule has 0 spiro atoms. The molecule has 0 heterocycles. The highest BCUT2D eigenvalue weighted by Crippen LogP contribution is 1.89. The summed E-state index contributed by atoms with van der Waals surface area (Å²) in [5.74, 6) is 0. The maximum Gasteiger partial charge on any atom is 0.407 e. The third-order valence-corrected chi connectivity index (χ3v) is 1.65. The molecule has 0 atom stereocenters. The van der Waals surface area contributed by atoms with Crippen LogP contribution < -0.4 is 5.32 Å². The highest BCUT2D eigenvalue weighted by atomic mass is 16.5. The van der Waals surface area contributed by atoms with Gasteiger partial charge in [0.15, 0.2) is 0 Å². The van der Waals surface area contributed by atoms with Gasteiger partial charge >= 0.3 is 6.09 Å². The van der Waals surface area contributed by atoms with Crippen LogP contribution in [0.15, 0.2) is 0 Å². The van der Waals surface area contributed by atoms with Crippen LogP contribution in [0, 0.1) is 0 Å². The van der Waals surface area contributed by atoms with Crippen molar-refractivity contribution in [1.82, 2.24) is 5.32 Å². The van der Waals surface area contributed by atoms with E-state index in [1.807, 2.05) is 0 Å². The van der Waals surface area contributed by atoms with Gasteiger partial charge in [0.05, 0.1) is 6.61 Å². The van der Waals surface area contributed by atoms with Gasteiger partial charge in [-0.15, -0.1) is 0 Å². The van der Waals surface area contributed by atoms with Crippen LogP contribution in [0.3, 0.4) is 0 Å². The summed E-state index contributed by atoms with van der Waals surface area (Å²) in [6.07, 6.45) is 2.75. The second-order valence-electron chi connectivity index (χ2n) is 2.97. The Bertz CT molecular complexity index is 139. The molecule has 84 valence electrons. The van der Waals surface area contributed by atoms with Crippen molar-refractivity contribution < 1.29 is 14.3 Å². The van der Waals surface area contributed by atoms with Gasteiger partial charge in [0.25, 0.3) is 0 Å². The lowest BCUT2D eigenvalue weighted by Crippen LogP contribution is -2.26. The number of nitrogens with one attached hydrogen (secondary N) is 1. The Labute approximate surface area is 86.0 Å². The largest absolute Gasteiger partial charge is 0.450 e. The molecule has 4 nitrogen and oxygen atoms in total. The SMILES string of the molecule is CCCCOCCCNC(=O)OCC. The highest BCUT2D eigenvalue weighted by molar-refractivity contribution is 5.66. The molecule has 0 radical (unpaired) electrons. The first kappa shape index (κ1) is 13.2. The molecule has 0 aliphatic carbocycles. The van der Waals surface area contributed by atoms with Gasteiger partial charge in [-0.3, -0.25) is 0 Å². The zero-order valence-electron chi connectivity index (χ0n) is 9.17. The van der Waals surface area contributed by atoms with Gasteiger partial charge in [-0.1, -0.05) is 13.3 Å². The molecule has 0 saturated heterocycles. The molecule has 4 heteroatoms. The van der Waals surface area contributed by atoms with E-state index >= 15 is 0 Å². The van der Waals surface area contributed by atoms with Gasteiger partial charge in [0, 0.05) is 19.8 Å². The Morgan fingerprint density at radius 2 is 1.93 bits per heavy atom. The number of hydrogen-bond acceptors (Lipinski definition) is 3. The Morgan fingerprint density at radius 3 is 2.57 bits per heavy atom. The smallest absolute Gasteiger partial charge is 0.407 e. The van der Waals surface area contributed by atoms with Crippen LogP contribution in [0.5, 0.6) is 0 Å². The van der Waals surface area contributed by atoms with E-state index in [0.29, 0.717) is 19.8 Å². The highest BCUT2D eigenvalue weighted by Gasteiger charge is 1.97. The maximum absolute atomic E-state index is 10.8. The molecule has 0 bridgehead atoms. The molecule has 0 aliphatic heterocycles. The van der Waals surface area contributed by atoms with Crippen molar-refractivity contribution in [3.63, 3.8) is 0 Å². The molecule has 0 unspecified atom stereocenters. The third-order valence-electron chi connectivity index (χ3n) is 1.65. The monoisotopic (exact) mass is 203 g/mol. The number of carbonyl (C=O) groups excluding carboxylic acids is 1. The van der Waals surface area contributed by atoms with Crippen LogP contribution in [0.25, 0.3) is 0 Å². The van der Waals surface area contributed by atoms with E-state index < -0.39 is 0 Å². The molecule has 0 aliphatic rings. The summed E-state index contributed by atoms with van der Waals surface area (Å²) in [6.45, 7) is 6.46. The van der Waals surface area contributed by atoms with Crippen molar-refractivity contribution in [2.24, 2.45) is 0 Å². The van der Waals surface area contributed by atoms with E-state index in [4.69, 9.17) is 9.47 Å². The summed E-state index contributed by atoms with van der Waals surface area (Å²) >= 11 is 0. The van der Waals surface area contributed by atoms with Gasteiger partial charge in [-0.2, -0.15) is 0 Å². The summed E-state index contributed by atoms with van der Waals surface area (Å²) in [4.78, 5) is 10.8. The lowest BCUT2D eigenvalue weighted by atomic mass is 10.4. The number of carbonyl (C=O) groups is 1. The lowest BCUT2D eigenvalue weighted by Gasteiger charge is -2.05. The topological polar surface area (TPSA) is 47.6 Å². The van der Waals surface area contributed by atoms with Crippen LogP contribution in [0.2, 0.25) is 0 Å². The summed E-state index contributed by atoms with van der Waals surface area (Å²) in [5.41, 5.74) is 0. The Hall–Kier alpha value is -0.770. The minimum atomic E-state index is -0.346. The number of hydrogen-bond donors (Lipinski definition) is 1. The van der Waals surface area contributed by atoms with E-state index in [2.05, 4.69) is 12.2 Å². The van der Waals surface area contributed by atoms with Crippen molar-refractivity contribution in [1.29, 1.82) is 0 Å². The zero-order valence-corrected chi connectivity index (χ0v) is 9.17. The molecule has 0 fully saturated rings. The quantitative estimate of drug-likeness (QED) is 0.613. The second-order valence-corrected chi connectivity index (χ2v) is 2.97. The Kier molecular flexibility index (Phi) is 9.74. The minimum absolute atomic E-state index is 0.346. The van der Waals surface area contributed by atoms with Crippen LogP contribution >= 0.6 is 0 Å². The molecule has 0 aromatic heterocycles. The van der Waals surface area contributed by atoms with Gasteiger partial charge in [-0.25, -0.2) is 4.79 Å². The maximum atomic E-state index is 10.8. The van der Waals surface area contributed by atoms with Gasteiger partial charge in [0.1, 0.15) is 0 Å². The predicted octanol–water partition coefficient (Wildman–Crippen LogP) is 1.94. The zero-order chi connectivity index (χ0) is 10.6. The first-order valence-corrected chi connectivity index (χ1v) is 5.29. The van der Waals surface area contributed by atoms with Crippen LogP contribution in [0.4, 0.5) is 4.79 Å². The summed E-state index contributed by atoms with van der Waals surface area (Å²) in [7, 11) is 0. The average Bonchev–Trinajstić information content (AvgIpc) is 2.17. The van der Waals surface area contributed by atoms with Crippen molar-refractivity contribution in [2.45, 2.75) is 33.1 Å². The fraction of sp³-hybridized carbons (Fsp3) is 0.900.